The molecule has 5 N–H and O–H groups in total. The summed E-state index contributed by atoms with van der Waals surface area (Å²) in [4.78, 5) is 24.6. The van der Waals surface area contributed by atoms with Crippen molar-refractivity contribution in [2.75, 3.05) is 18.9 Å². The summed E-state index contributed by atoms with van der Waals surface area (Å²) in [6, 6.07) is 8.52. The second-order valence-electron chi connectivity index (χ2n) is 7.84. The quantitative estimate of drug-likeness (QED) is 0.185. The first-order chi connectivity index (χ1) is 16.6. The number of ether oxygens (including phenoxy) is 2. The molecule has 2 heterocycles. The van der Waals surface area contributed by atoms with Crippen LogP contribution in [0.4, 0.5) is 5.82 Å². The molecule has 1 fully saturated rings. The number of rotatable bonds is 10. The van der Waals surface area contributed by atoms with E-state index in [0.717, 1.165) is 9.13 Å². The summed E-state index contributed by atoms with van der Waals surface area (Å²) in [5.41, 5.74) is 5.13. The van der Waals surface area contributed by atoms with Crippen molar-refractivity contribution in [2.45, 2.75) is 44.4 Å². The van der Waals surface area contributed by atoms with Gasteiger partial charge in [-0.3, -0.25) is 9.32 Å². The number of aromatic nitrogens is 2. The number of nitrogens with zero attached hydrogens (tertiary/aromatic N) is 2. The molecule has 0 saturated carbocycles. The fourth-order valence-electron chi connectivity index (χ4n) is 3.35. The molecule has 1 saturated heterocycles. The lowest BCUT2D eigenvalue weighted by atomic mass is 10.1. The summed E-state index contributed by atoms with van der Waals surface area (Å²) >= 11 is 0. The van der Waals surface area contributed by atoms with Crippen molar-refractivity contribution in [1.82, 2.24) is 9.65 Å². The van der Waals surface area contributed by atoms with Crippen LogP contribution in [0, 0.1) is 0 Å². The van der Waals surface area contributed by atoms with Crippen LogP contribution >= 0.6 is 7.75 Å². The molecule has 1 aromatic carbocycles. The van der Waals surface area contributed by atoms with Crippen LogP contribution in [0.15, 0.2) is 47.4 Å². The van der Waals surface area contributed by atoms with Gasteiger partial charge < -0.3 is 29.9 Å². The van der Waals surface area contributed by atoms with Crippen molar-refractivity contribution in [3.05, 3.63) is 53.1 Å². The highest BCUT2D eigenvalue weighted by atomic mass is 31.2. The first-order valence-corrected chi connectivity index (χ1v) is 12.4. The number of aliphatic hydroxyl groups excluding tert-OH is 2. The highest BCUT2D eigenvalue weighted by Gasteiger charge is 2.48. The van der Waals surface area contributed by atoms with Crippen molar-refractivity contribution in [3.8, 4) is 5.75 Å². The van der Waals surface area contributed by atoms with E-state index < -0.39 is 56.6 Å². The second kappa shape index (κ2) is 11.3. The molecule has 3 rings (SSSR count). The zero-order valence-electron chi connectivity index (χ0n) is 19.5. The molecule has 14 heteroatoms. The highest BCUT2D eigenvalue weighted by molar-refractivity contribution is 7.52. The van der Waals surface area contributed by atoms with Gasteiger partial charge in [-0.05, 0) is 26.0 Å². The van der Waals surface area contributed by atoms with Crippen LogP contribution in [0.3, 0.4) is 0 Å². The number of aliphatic hydroxyl groups is 2. The number of nitrogens with one attached hydrogen (secondary N) is 1. The smallest absolute Gasteiger partial charge is 0.465 e. The van der Waals surface area contributed by atoms with Gasteiger partial charge in [-0.1, -0.05) is 18.2 Å². The molecule has 1 aliphatic rings. The van der Waals surface area contributed by atoms with Crippen LogP contribution in [0.25, 0.3) is 0 Å². The average molecular weight is 513 g/mol. The lowest BCUT2D eigenvalue weighted by Crippen LogP contribution is -2.59. The Morgan fingerprint density at radius 3 is 2.63 bits per heavy atom. The zero-order valence-corrected chi connectivity index (χ0v) is 20.4. The molecule has 0 bridgehead atoms. The second-order valence-corrected chi connectivity index (χ2v) is 9.53. The van der Waals surface area contributed by atoms with Crippen molar-refractivity contribution in [3.63, 3.8) is 0 Å². The van der Waals surface area contributed by atoms with E-state index in [-0.39, 0.29) is 18.2 Å². The van der Waals surface area contributed by atoms with Gasteiger partial charge in [0.1, 0.15) is 36.3 Å². The van der Waals surface area contributed by atoms with E-state index in [4.69, 9.17) is 24.3 Å². The molecule has 0 spiro atoms. The Labute approximate surface area is 201 Å². The molecule has 1 aliphatic heterocycles. The number of nitrogen functional groups attached to an aromatic ring is 1. The molecule has 0 aliphatic carbocycles. The number of para-hydroxylation sites is 1. The fourth-order valence-corrected chi connectivity index (χ4v) is 4.85. The van der Waals surface area contributed by atoms with Crippen LogP contribution < -0.4 is 25.6 Å². The van der Waals surface area contributed by atoms with Crippen LogP contribution in [0.1, 0.15) is 20.1 Å². The maximum atomic E-state index is 13.5. The summed E-state index contributed by atoms with van der Waals surface area (Å²) in [5.74, 6) is -0.276. The van der Waals surface area contributed by atoms with Gasteiger partial charge in [-0.25, -0.2) is 4.57 Å². The number of esters is 1. The van der Waals surface area contributed by atoms with E-state index in [2.05, 4.69) is 5.09 Å². The topological polar surface area (TPSA) is 175 Å². The van der Waals surface area contributed by atoms with Crippen molar-refractivity contribution in [2.24, 2.45) is 7.05 Å². The third-order valence-electron chi connectivity index (χ3n) is 5.28. The molecule has 2 aromatic rings. The minimum atomic E-state index is -4.20. The number of hydrogen-bond acceptors (Lipinski definition) is 10. The van der Waals surface area contributed by atoms with Gasteiger partial charge in [0.25, 0.3) is 0 Å². The number of benzene rings is 1. The summed E-state index contributed by atoms with van der Waals surface area (Å²) in [5, 5.41) is 23.5. The predicted octanol–water partition coefficient (Wildman–Crippen LogP) is -0.381. The van der Waals surface area contributed by atoms with Crippen LogP contribution in [-0.2, 0) is 30.4 Å². The number of anilines is 1. The zero-order chi connectivity index (χ0) is 25.8. The van der Waals surface area contributed by atoms with Gasteiger partial charge in [0.15, 0.2) is 5.82 Å². The van der Waals surface area contributed by atoms with Crippen molar-refractivity contribution in [1.29, 1.82) is 0 Å². The third-order valence-corrected chi connectivity index (χ3v) is 6.93. The van der Waals surface area contributed by atoms with Crippen LogP contribution in [-0.4, -0.2) is 58.3 Å². The minimum Gasteiger partial charge on any atom is -0.465 e. The Morgan fingerprint density at radius 2 is 1.97 bits per heavy atom. The molecule has 35 heavy (non-hydrogen) atoms. The number of carbonyl (C=O) groups excluding carboxylic acids is 1. The van der Waals surface area contributed by atoms with Crippen molar-refractivity contribution >= 4 is 19.5 Å². The molecule has 192 valence electrons. The Kier molecular flexibility index (Phi) is 8.65. The van der Waals surface area contributed by atoms with Gasteiger partial charge in [-0.2, -0.15) is 19.0 Å². The molecule has 0 radical (unpaired) electrons. The van der Waals surface area contributed by atoms with Gasteiger partial charge in [0, 0.05) is 6.07 Å². The van der Waals surface area contributed by atoms with E-state index in [1.165, 1.54) is 26.2 Å². The van der Waals surface area contributed by atoms with E-state index in [0.29, 0.717) is 0 Å². The number of nitrogens with two attached hydrogens (primary N) is 1. The van der Waals surface area contributed by atoms with Gasteiger partial charge in [-0.15, -0.1) is 0 Å². The number of carbonyl (C=O) groups is 1. The summed E-state index contributed by atoms with van der Waals surface area (Å²) in [7, 11) is -2.76. The average Bonchev–Trinajstić information content (AvgIpc) is 3.10. The molecule has 6 atom stereocenters. The Bertz CT molecular complexity index is 1130. The van der Waals surface area contributed by atoms with E-state index in [9.17, 15) is 24.4 Å². The lowest BCUT2D eigenvalue weighted by Gasteiger charge is -2.24. The predicted molar refractivity (Wildman–Crippen MR) is 122 cm³/mol. The fraction of sp³-hybridized carbons (Fsp3) is 0.476. The summed E-state index contributed by atoms with van der Waals surface area (Å²) in [6.45, 7) is 2.68. The largest absolute Gasteiger partial charge is 0.501 e. The summed E-state index contributed by atoms with van der Waals surface area (Å²) < 4.78 is 37.3. The van der Waals surface area contributed by atoms with E-state index >= 15 is 0 Å². The Hall–Kier alpha value is -2.80. The minimum absolute atomic E-state index is 0.124. The monoisotopic (exact) mass is 513 g/mol. The van der Waals surface area contributed by atoms with Gasteiger partial charge in [0.2, 0.25) is 6.23 Å². The van der Waals surface area contributed by atoms with Crippen LogP contribution in [0.2, 0.25) is 0 Å². The van der Waals surface area contributed by atoms with Gasteiger partial charge >= 0.3 is 19.4 Å². The highest BCUT2D eigenvalue weighted by Crippen LogP contribution is 2.45. The Morgan fingerprint density at radius 1 is 1.29 bits per heavy atom. The third kappa shape index (κ3) is 6.26. The van der Waals surface area contributed by atoms with E-state index in [1.54, 1.807) is 37.3 Å². The Balaban J connectivity index is 1.77. The maximum Gasteiger partial charge on any atom is 0.501 e. The molecule has 0 amide bonds. The first kappa shape index (κ1) is 26.8. The lowest BCUT2D eigenvalue weighted by molar-refractivity contribution is -0.781. The normalized spacial score (nSPS) is 24.5. The molecule has 1 aromatic heterocycles. The SMILES string of the molecule is CCOC(=O)C(C)NP(=O)(OC[C@H]1O[C@@H]([n+]2ccc(N)n(C)c2=O)C(O)[C@H]1O)Oc1ccccc1. The maximum absolute atomic E-state index is 13.5. The summed E-state index contributed by atoms with van der Waals surface area (Å²) in [6.07, 6.45) is -4.09. The molecule has 3 unspecified atom stereocenters. The van der Waals surface area contributed by atoms with E-state index in [1.807, 2.05) is 0 Å². The van der Waals surface area contributed by atoms with Crippen molar-refractivity contribution < 1.29 is 42.7 Å². The first-order valence-electron chi connectivity index (χ1n) is 10.9. The molecular weight excluding hydrogens is 483 g/mol. The van der Waals surface area contributed by atoms with Gasteiger partial charge in [0.05, 0.1) is 20.3 Å². The molecular formula is C21H30N4O9P+. The number of hydrogen-bond donors (Lipinski definition) is 4. The van der Waals surface area contributed by atoms with Crippen LogP contribution in [0.5, 0.6) is 5.75 Å². The molecule has 13 nitrogen and oxygen atoms in total. The standard InChI is InChI=1S/C21H29N4O9P/c1-4-31-20(28)13(2)23-35(30,34-14-8-6-5-7-9-14)32-12-15-17(26)18(27)19(33-15)25-11-10-16(22)24(3)21(25)29/h5-11,13,15,17-19,22,26-27H,4,12H2,1-3H3,(H,23,30)/p+1/t13?,15-,17+,18?,19-,35?/m1/s1.